The van der Waals surface area contributed by atoms with Gasteiger partial charge < -0.3 is 14.6 Å². The summed E-state index contributed by atoms with van der Waals surface area (Å²) in [6.45, 7) is 6.50. The van der Waals surface area contributed by atoms with Crippen molar-refractivity contribution in [2.75, 3.05) is 13.7 Å². The number of ether oxygens (including phenoxy) is 1. The van der Waals surface area contributed by atoms with Crippen LogP contribution in [0, 0.1) is 5.92 Å². The van der Waals surface area contributed by atoms with E-state index in [9.17, 15) is 0 Å². The molecule has 0 saturated carbocycles. The molecule has 0 radical (unpaired) electrons. The Kier molecular flexibility index (Phi) is 3.19. The first-order valence-electron chi connectivity index (χ1n) is 7.02. The fraction of sp³-hybridized carbons (Fsp3) is 0.533. The van der Waals surface area contributed by atoms with Gasteiger partial charge in [-0.15, -0.1) is 0 Å². The van der Waals surface area contributed by atoms with Gasteiger partial charge in [-0.3, -0.25) is 0 Å². The van der Waals surface area contributed by atoms with Gasteiger partial charge in [0.1, 0.15) is 11.6 Å². The van der Waals surface area contributed by atoms with Gasteiger partial charge in [0.2, 0.25) is 0 Å². The van der Waals surface area contributed by atoms with Crippen LogP contribution in [0.15, 0.2) is 18.2 Å². The minimum Gasteiger partial charge on any atom is -0.497 e. The first-order valence-corrected chi connectivity index (χ1v) is 7.02. The fourth-order valence-corrected chi connectivity index (χ4v) is 3.01. The number of fused-ring (bicyclic) bond motifs is 1. The number of nitrogens with zero attached hydrogens (tertiary/aromatic N) is 2. The molecule has 19 heavy (non-hydrogen) atoms. The van der Waals surface area contributed by atoms with Crippen molar-refractivity contribution in [2.45, 2.75) is 32.9 Å². The maximum atomic E-state index is 5.29. The van der Waals surface area contributed by atoms with Crippen molar-refractivity contribution in [3.63, 3.8) is 0 Å². The smallest absolute Gasteiger partial charge is 0.127 e. The maximum Gasteiger partial charge on any atom is 0.127 e. The third-order valence-electron chi connectivity index (χ3n) is 4.11. The number of aromatic nitrogens is 2. The molecule has 0 aliphatic carbocycles. The van der Waals surface area contributed by atoms with E-state index >= 15 is 0 Å². The van der Waals surface area contributed by atoms with Crippen molar-refractivity contribution < 1.29 is 4.74 Å². The first-order chi connectivity index (χ1) is 9.24. The van der Waals surface area contributed by atoms with E-state index in [1.165, 1.54) is 11.9 Å². The van der Waals surface area contributed by atoms with Crippen molar-refractivity contribution in [3.8, 4) is 5.75 Å². The maximum absolute atomic E-state index is 5.29. The lowest BCUT2D eigenvalue weighted by molar-refractivity contribution is 0.415. The molecule has 1 saturated heterocycles. The molecule has 0 spiro atoms. The van der Waals surface area contributed by atoms with Gasteiger partial charge in [0, 0.05) is 12.6 Å². The number of imidazole rings is 1. The van der Waals surface area contributed by atoms with Crippen LogP contribution in [0.4, 0.5) is 0 Å². The summed E-state index contributed by atoms with van der Waals surface area (Å²) in [5.41, 5.74) is 2.22. The summed E-state index contributed by atoms with van der Waals surface area (Å²) in [6, 6.07) is 6.50. The molecular formula is C15H21N3O. The van der Waals surface area contributed by atoms with Gasteiger partial charge >= 0.3 is 0 Å². The van der Waals surface area contributed by atoms with E-state index in [-0.39, 0.29) is 0 Å². The Morgan fingerprint density at radius 3 is 2.95 bits per heavy atom. The van der Waals surface area contributed by atoms with Crippen LogP contribution in [0.1, 0.15) is 32.1 Å². The van der Waals surface area contributed by atoms with Crippen molar-refractivity contribution in [1.29, 1.82) is 0 Å². The number of methoxy groups -OCH3 is 1. The topological polar surface area (TPSA) is 39.1 Å². The largest absolute Gasteiger partial charge is 0.497 e. The van der Waals surface area contributed by atoms with E-state index < -0.39 is 0 Å². The van der Waals surface area contributed by atoms with Crippen molar-refractivity contribution in [2.24, 2.45) is 5.92 Å². The second-order valence-corrected chi connectivity index (χ2v) is 5.27. The molecule has 1 aromatic carbocycles. The number of nitrogens with one attached hydrogen (secondary N) is 1. The summed E-state index contributed by atoms with van der Waals surface area (Å²) < 4.78 is 7.60. The van der Waals surface area contributed by atoms with Crippen molar-refractivity contribution in [1.82, 2.24) is 14.9 Å². The molecule has 4 nitrogen and oxygen atoms in total. The lowest BCUT2D eigenvalue weighted by Crippen LogP contribution is -2.21. The minimum atomic E-state index is 0.373. The Balaban J connectivity index is 2.13. The van der Waals surface area contributed by atoms with Gasteiger partial charge in [-0.25, -0.2) is 4.98 Å². The predicted molar refractivity (Wildman–Crippen MR) is 76.5 cm³/mol. The summed E-state index contributed by atoms with van der Waals surface area (Å²) >= 11 is 0. The molecular weight excluding hydrogens is 238 g/mol. The highest BCUT2D eigenvalue weighted by atomic mass is 16.5. The van der Waals surface area contributed by atoms with Crippen LogP contribution in [0.5, 0.6) is 5.75 Å². The molecule has 2 atom stereocenters. The second-order valence-electron chi connectivity index (χ2n) is 5.27. The van der Waals surface area contributed by atoms with E-state index in [4.69, 9.17) is 9.72 Å². The highest BCUT2D eigenvalue weighted by Crippen LogP contribution is 2.31. The summed E-state index contributed by atoms with van der Waals surface area (Å²) in [7, 11) is 1.69. The normalized spacial score (nSPS) is 23.1. The monoisotopic (exact) mass is 259 g/mol. The standard InChI is InChI=1S/C15H21N3O/c1-4-18-13-6-5-11(19-3)9-12(13)17-15(18)14-10(2)7-8-16-14/h5-6,9-10,14,16H,4,7-8H2,1-3H3. The molecule has 1 aliphatic heterocycles. The lowest BCUT2D eigenvalue weighted by atomic mass is 10.0. The van der Waals surface area contributed by atoms with E-state index in [1.54, 1.807) is 7.11 Å². The van der Waals surface area contributed by atoms with Crippen LogP contribution in [0.3, 0.4) is 0 Å². The molecule has 1 fully saturated rings. The Hall–Kier alpha value is -1.55. The molecule has 1 aromatic heterocycles. The zero-order chi connectivity index (χ0) is 13.4. The molecule has 4 heteroatoms. The molecule has 2 aromatic rings. The van der Waals surface area contributed by atoms with Gasteiger partial charge in [0.25, 0.3) is 0 Å². The van der Waals surface area contributed by atoms with Crippen LogP contribution >= 0.6 is 0 Å². The summed E-state index contributed by atoms with van der Waals surface area (Å²) in [5, 5.41) is 3.57. The zero-order valence-corrected chi connectivity index (χ0v) is 11.8. The van der Waals surface area contributed by atoms with Crippen LogP contribution in [-0.2, 0) is 6.54 Å². The fourth-order valence-electron chi connectivity index (χ4n) is 3.01. The SMILES string of the molecule is CCn1c(C2NCCC2C)nc2cc(OC)ccc21. The molecule has 0 bridgehead atoms. The van der Waals surface area contributed by atoms with Gasteiger partial charge in [-0.2, -0.15) is 0 Å². The number of benzene rings is 1. The molecule has 1 N–H and O–H groups in total. The third-order valence-corrected chi connectivity index (χ3v) is 4.11. The summed E-state index contributed by atoms with van der Waals surface area (Å²) in [6.07, 6.45) is 1.22. The Morgan fingerprint density at radius 2 is 2.32 bits per heavy atom. The molecule has 0 amide bonds. The highest BCUT2D eigenvalue weighted by Gasteiger charge is 2.28. The summed E-state index contributed by atoms with van der Waals surface area (Å²) in [4.78, 5) is 4.84. The van der Waals surface area contributed by atoms with Crippen LogP contribution in [0.25, 0.3) is 11.0 Å². The Morgan fingerprint density at radius 1 is 1.47 bits per heavy atom. The Labute approximate surface area is 113 Å². The van der Waals surface area contributed by atoms with Gasteiger partial charge in [-0.1, -0.05) is 6.92 Å². The van der Waals surface area contributed by atoms with Crippen molar-refractivity contribution in [3.05, 3.63) is 24.0 Å². The highest BCUT2D eigenvalue weighted by molar-refractivity contribution is 5.78. The van der Waals surface area contributed by atoms with Gasteiger partial charge in [0.05, 0.1) is 24.2 Å². The van der Waals surface area contributed by atoms with Crippen LogP contribution in [0.2, 0.25) is 0 Å². The molecule has 2 unspecified atom stereocenters. The molecule has 102 valence electrons. The van der Waals surface area contributed by atoms with Gasteiger partial charge in [0.15, 0.2) is 0 Å². The van der Waals surface area contributed by atoms with E-state index in [0.29, 0.717) is 12.0 Å². The van der Waals surface area contributed by atoms with Gasteiger partial charge in [-0.05, 0) is 37.9 Å². The number of rotatable bonds is 3. The van der Waals surface area contributed by atoms with E-state index in [1.807, 2.05) is 12.1 Å². The third kappa shape index (κ3) is 2.00. The molecule has 1 aliphatic rings. The Bertz CT molecular complexity index is 590. The zero-order valence-electron chi connectivity index (χ0n) is 11.8. The van der Waals surface area contributed by atoms with Crippen LogP contribution < -0.4 is 10.1 Å². The lowest BCUT2D eigenvalue weighted by Gasteiger charge is -2.16. The first kappa shape index (κ1) is 12.5. The second kappa shape index (κ2) is 4.85. The number of hydrogen-bond acceptors (Lipinski definition) is 3. The quantitative estimate of drug-likeness (QED) is 0.921. The average molecular weight is 259 g/mol. The summed E-state index contributed by atoms with van der Waals surface area (Å²) in [5.74, 6) is 2.67. The minimum absolute atomic E-state index is 0.373. The average Bonchev–Trinajstić information content (AvgIpc) is 3.00. The van der Waals surface area contributed by atoms with E-state index in [2.05, 4.69) is 29.8 Å². The molecule has 3 rings (SSSR count). The number of hydrogen-bond donors (Lipinski definition) is 1. The molecule has 2 heterocycles. The predicted octanol–water partition coefficient (Wildman–Crippen LogP) is 2.74. The van der Waals surface area contributed by atoms with E-state index in [0.717, 1.165) is 30.2 Å². The van der Waals surface area contributed by atoms with Crippen molar-refractivity contribution >= 4 is 11.0 Å². The van der Waals surface area contributed by atoms with Crippen LogP contribution in [-0.4, -0.2) is 23.2 Å². The number of aryl methyl sites for hydroxylation is 1.